The molecule has 0 aliphatic rings. The average Bonchev–Trinajstić information content (AvgIpc) is 2.81. The lowest BCUT2D eigenvalue weighted by molar-refractivity contribution is 0.132. The molecule has 0 aromatic carbocycles. The predicted molar refractivity (Wildman–Crippen MR) is 72.6 cm³/mol. The summed E-state index contributed by atoms with van der Waals surface area (Å²) in [7, 11) is 0. The van der Waals surface area contributed by atoms with Crippen molar-refractivity contribution in [2.45, 2.75) is 26.3 Å². The molecular formula is C14H21N3O. The highest BCUT2D eigenvalue weighted by Crippen LogP contribution is 2.09. The van der Waals surface area contributed by atoms with Crippen molar-refractivity contribution in [3.05, 3.63) is 36.2 Å². The molecule has 0 aliphatic carbocycles. The Kier molecular flexibility index (Phi) is 5.17. The number of fused-ring (bicyclic) bond motifs is 1. The third-order valence-corrected chi connectivity index (χ3v) is 2.81. The molecule has 0 radical (unpaired) electrons. The summed E-state index contributed by atoms with van der Waals surface area (Å²) in [6.45, 7) is 5.68. The first kappa shape index (κ1) is 13.1. The molecule has 2 aromatic heterocycles. The molecule has 2 rings (SSSR count). The fourth-order valence-electron chi connectivity index (χ4n) is 1.89. The van der Waals surface area contributed by atoms with Crippen molar-refractivity contribution in [1.82, 2.24) is 14.9 Å². The molecule has 0 unspecified atom stereocenters. The molecule has 4 heteroatoms. The van der Waals surface area contributed by atoms with Crippen LogP contribution in [0, 0.1) is 0 Å². The van der Waals surface area contributed by atoms with E-state index in [-0.39, 0.29) is 0 Å². The minimum atomic E-state index is 0.843. The molecule has 0 aliphatic heterocycles. The number of pyridine rings is 1. The summed E-state index contributed by atoms with van der Waals surface area (Å²) in [4.78, 5) is 0. The van der Waals surface area contributed by atoms with Gasteiger partial charge in [0.2, 0.25) is 0 Å². The van der Waals surface area contributed by atoms with Crippen molar-refractivity contribution >= 4 is 5.52 Å². The Hall–Kier alpha value is -1.39. The van der Waals surface area contributed by atoms with Gasteiger partial charge in [-0.2, -0.15) is 5.10 Å². The second kappa shape index (κ2) is 7.13. The number of hydrogen-bond donors (Lipinski definition) is 1. The zero-order valence-corrected chi connectivity index (χ0v) is 10.9. The number of nitrogens with zero attached hydrogens (tertiary/aromatic N) is 2. The molecule has 0 atom stereocenters. The number of nitrogens with one attached hydrogen (secondary N) is 1. The maximum atomic E-state index is 5.43. The topological polar surface area (TPSA) is 38.6 Å². The van der Waals surface area contributed by atoms with Gasteiger partial charge in [-0.05, 0) is 31.5 Å². The highest BCUT2D eigenvalue weighted by atomic mass is 16.5. The summed E-state index contributed by atoms with van der Waals surface area (Å²) >= 11 is 0. The van der Waals surface area contributed by atoms with E-state index in [1.54, 1.807) is 0 Å². The monoisotopic (exact) mass is 247 g/mol. The summed E-state index contributed by atoms with van der Waals surface area (Å²) in [6.07, 6.45) is 6.04. The van der Waals surface area contributed by atoms with E-state index in [0.717, 1.165) is 39.1 Å². The number of rotatable bonds is 8. The first-order valence-corrected chi connectivity index (χ1v) is 6.61. The van der Waals surface area contributed by atoms with Gasteiger partial charge in [0.15, 0.2) is 0 Å². The molecule has 2 heterocycles. The lowest BCUT2D eigenvalue weighted by Gasteiger charge is -2.04. The van der Waals surface area contributed by atoms with Crippen molar-refractivity contribution in [2.75, 3.05) is 19.8 Å². The lowest BCUT2D eigenvalue weighted by atomic mass is 10.2. The Morgan fingerprint density at radius 2 is 2.28 bits per heavy atom. The van der Waals surface area contributed by atoms with Gasteiger partial charge in [-0.3, -0.25) is 0 Å². The van der Waals surface area contributed by atoms with E-state index in [0.29, 0.717) is 0 Å². The predicted octanol–water partition coefficient (Wildman–Crippen LogP) is 2.24. The molecule has 0 amide bonds. The Balaban J connectivity index is 1.70. The molecule has 0 saturated carbocycles. The van der Waals surface area contributed by atoms with E-state index >= 15 is 0 Å². The van der Waals surface area contributed by atoms with E-state index in [2.05, 4.69) is 23.4 Å². The van der Waals surface area contributed by atoms with Gasteiger partial charge in [0.05, 0.1) is 11.7 Å². The Labute approximate surface area is 108 Å². The second-order valence-corrected chi connectivity index (χ2v) is 4.34. The standard InChI is InChI=1S/C14H21N3O/c1-2-9-18-10-5-7-15-11-13-12-16-17-8-4-3-6-14(13)17/h3-4,6,8,12,15H,2,5,7,9-11H2,1H3. The van der Waals surface area contributed by atoms with Gasteiger partial charge in [0.25, 0.3) is 0 Å². The minimum Gasteiger partial charge on any atom is -0.381 e. The van der Waals surface area contributed by atoms with Crippen molar-refractivity contribution in [3.63, 3.8) is 0 Å². The SMILES string of the molecule is CCCOCCCNCc1cnn2ccccc12. The molecule has 18 heavy (non-hydrogen) atoms. The van der Waals surface area contributed by atoms with Gasteiger partial charge in [-0.15, -0.1) is 0 Å². The lowest BCUT2D eigenvalue weighted by Crippen LogP contribution is -2.16. The number of ether oxygens (including phenoxy) is 1. The van der Waals surface area contributed by atoms with Crippen molar-refractivity contribution in [1.29, 1.82) is 0 Å². The fourth-order valence-corrected chi connectivity index (χ4v) is 1.89. The fraction of sp³-hybridized carbons (Fsp3) is 0.500. The van der Waals surface area contributed by atoms with Crippen LogP contribution in [0.4, 0.5) is 0 Å². The average molecular weight is 247 g/mol. The summed E-state index contributed by atoms with van der Waals surface area (Å²) in [5.74, 6) is 0. The summed E-state index contributed by atoms with van der Waals surface area (Å²) in [5, 5.41) is 7.73. The summed E-state index contributed by atoms with van der Waals surface area (Å²) in [5.41, 5.74) is 2.41. The van der Waals surface area contributed by atoms with Gasteiger partial charge >= 0.3 is 0 Å². The highest BCUT2D eigenvalue weighted by Gasteiger charge is 2.01. The Morgan fingerprint density at radius 3 is 3.17 bits per heavy atom. The maximum Gasteiger partial charge on any atom is 0.0706 e. The molecule has 2 aromatic rings. The Morgan fingerprint density at radius 1 is 1.33 bits per heavy atom. The van der Waals surface area contributed by atoms with Gasteiger partial charge < -0.3 is 10.1 Å². The summed E-state index contributed by atoms with van der Waals surface area (Å²) < 4.78 is 7.34. The van der Waals surface area contributed by atoms with Crippen LogP contribution >= 0.6 is 0 Å². The molecule has 1 N–H and O–H groups in total. The minimum absolute atomic E-state index is 0.843. The van der Waals surface area contributed by atoms with Gasteiger partial charge in [0, 0.05) is 31.5 Å². The van der Waals surface area contributed by atoms with Crippen LogP contribution in [0.3, 0.4) is 0 Å². The zero-order valence-electron chi connectivity index (χ0n) is 10.9. The van der Waals surface area contributed by atoms with Gasteiger partial charge in [-0.1, -0.05) is 13.0 Å². The number of hydrogen-bond acceptors (Lipinski definition) is 3. The van der Waals surface area contributed by atoms with Crippen molar-refractivity contribution in [2.24, 2.45) is 0 Å². The van der Waals surface area contributed by atoms with E-state index in [4.69, 9.17) is 4.74 Å². The third-order valence-electron chi connectivity index (χ3n) is 2.81. The highest BCUT2D eigenvalue weighted by molar-refractivity contribution is 5.53. The molecule has 98 valence electrons. The largest absolute Gasteiger partial charge is 0.381 e. The van der Waals surface area contributed by atoms with Crippen molar-refractivity contribution in [3.8, 4) is 0 Å². The molecule has 4 nitrogen and oxygen atoms in total. The van der Waals surface area contributed by atoms with Crippen LogP contribution in [-0.4, -0.2) is 29.4 Å². The van der Waals surface area contributed by atoms with Crippen LogP contribution in [0.2, 0.25) is 0 Å². The second-order valence-electron chi connectivity index (χ2n) is 4.34. The molecule has 0 saturated heterocycles. The normalized spacial score (nSPS) is 11.2. The third kappa shape index (κ3) is 3.55. The van der Waals surface area contributed by atoms with E-state index in [1.165, 1.54) is 11.1 Å². The molecule has 0 bridgehead atoms. The number of aromatic nitrogens is 2. The van der Waals surface area contributed by atoms with Crippen LogP contribution in [0.1, 0.15) is 25.3 Å². The quantitative estimate of drug-likeness (QED) is 0.727. The Bertz CT molecular complexity index is 467. The first-order chi connectivity index (χ1) is 8.92. The molecule has 0 fully saturated rings. The first-order valence-electron chi connectivity index (χ1n) is 6.61. The van der Waals surface area contributed by atoms with Gasteiger partial charge in [-0.25, -0.2) is 4.52 Å². The zero-order chi connectivity index (χ0) is 12.6. The van der Waals surface area contributed by atoms with Crippen LogP contribution in [0.15, 0.2) is 30.6 Å². The van der Waals surface area contributed by atoms with Crippen LogP contribution in [0.25, 0.3) is 5.52 Å². The van der Waals surface area contributed by atoms with Crippen LogP contribution < -0.4 is 5.32 Å². The summed E-state index contributed by atoms with van der Waals surface area (Å²) in [6, 6.07) is 6.12. The van der Waals surface area contributed by atoms with E-state index < -0.39 is 0 Å². The van der Waals surface area contributed by atoms with Gasteiger partial charge in [0.1, 0.15) is 0 Å². The molecule has 0 spiro atoms. The van der Waals surface area contributed by atoms with E-state index in [9.17, 15) is 0 Å². The van der Waals surface area contributed by atoms with Crippen molar-refractivity contribution < 1.29 is 4.74 Å². The van der Waals surface area contributed by atoms with Crippen LogP contribution in [0.5, 0.6) is 0 Å². The smallest absolute Gasteiger partial charge is 0.0706 e. The van der Waals surface area contributed by atoms with Crippen LogP contribution in [-0.2, 0) is 11.3 Å². The molecular weight excluding hydrogens is 226 g/mol. The van der Waals surface area contributed by atoms with E-state index in [1.807, 2.05) is 29.0 Å². The maximum absolute atomic E-state index is 5.43.